The largest absolute Gasteiger partial charge is 0.338 e. The van der Waals surface area contributed by atoms with Gasteiger partial charge >= 0.3 is 0 Å². The van der Waals surface area contributed by atoms with Crippen LogP contribution in [0.25, 0.3) is 44.2 Å². The Hall–Kier alpha value is -4.02. The van der Waals surface area contributed by atoms with Gasteiger partial charge in [0.15, 0.2) is 0 Å². The molecular weight excluding hydrogens is 591 g/mol. The van der Waals surface area contributed by atoms with Crippen molar-refractivity contribution in [2.24, 2.45) is 5.41 Å². The topological polar surface area (TPSA) is 87.9 Å². The fraction of sp³-hybridized carbons (Fsp3) is 0.412. The van der Waals surface area contributed by atoms with Crippen molar-refractivity contribution in [3.05, 3.63) is 65.6 Å². The van der Waals surface area contributed by atoms with Crippen LogP contribution < -0.4 is 0 Å². The number of aryl methyl sites for hydroxylation is 1. The molecule has 2 saturated heterocycles. The number of rotatable bonds is 7. The van der Waals surface area contributed by atoms with Gasteiger partial charge in [0.1, 0.15) is 11.9 Å². The zero-order valence-corrected chi connectivity index (χ0v) is 26.3. The smallest absolute Gasteiger partial charge is 0.245 e. The summed E-state index contributed by atoms with van der Waals surface area (Å²) in [6.45, 7) is 12.1. The summed E-state index contributed by atoms with van der Waals surface area (Å²) in [4.78, 5) is 16.1. The Morgan fingerprint density at radius 2 is 2.00 bits per heavy atom. The lowest BCUT2D eigenvalue weighted by Gasteiger charge is -2.58. The van der Waals surface area contributed by atoms with Crippen LogP contribution in [-0.2, 0) is 11.3 Å². The quantitative estimate of drug-likeness (QED) is 0.220. The van der Waals surface area contributed by atoms with Crippen LogP contribution in [0.1, 0.15) is 36.6 Å². The van der Waals surface area contributed by atoms with Crippen LogP contribution in [-0.4, -0.2) is 84.4 Å². The summed E-state index contributed by atoms with van der Waals surface area (Å²) < 4.78 is 17.9. The van der Waals surface area contributed by atoms with Gasteiger partial charge in [-0.3, -0.25) is 24.2 Å². The van der Waals surface area contributed by atoms with Crippen LogP contribution in [0.15, 0.2) is 49.3 Å². The lowest BCUT2D eigenvalue weighted by Crippen LogP contribution is -2.63. The molecule has 0 bridgehead atoms. The zero-order valence-electron chi connectivity index (χ0n) is 25.6. The van der Waals surface area contributed by atoms with Gasteiger partial charge in [0.05, 0.1) is 41.0 Å². The van der Waals surface area contributed by atoms with Crippen LogP contribution >= 0.6 is 11.6 Å². The molecular formula is C34H36ClFN8O. The van der Waals surface area contributed by atoms with Gasteiger partial charge in [0, 0.05) is 71.3 Å². The Morgan fingerprint density at radius 1 is 1.18 bits per heavy atom. The number of halogens is 2. The summed E-state index contributed by atoms with van der Waals surface area (Å²) in [6, 6.07) is 8.66. The molecule has 2 aliphatic heterocycles. The highest BCUT2D eigenvalue weighted by molar-refractivity contribution is 6.36. The molecule has 2 aromatic carbocycles. The molecule has 1 unspecified atom stereocenters. The maximum atomic E-state index is 13.7. The monoisotopic (exact) mass is 626 g/mol. The number of alkyl halides is 1. The Balaban J connectivity index is 1.17. The molecule has 3 fully saturated rings. The number of nitrogens with one attached hydrogen (secondary N) is 1. The molecule has 1 N–H and O–H groups in total. The van der Waals surface area contributed by atoms with Crippen molar-refractivity contribution in [3.8, 4) is 22.4 Å². The minimum atomic E-state index is -0.722. The van der Waals surface area contributed by atoms with E-state index in [1.165, 1.54) is 6.08 Å². The SMILES string of the molecule is C=CC(=O)N1CC2(CC(n3nc(-c4ccc5c(cnn5CCN5CCC(F)C5)c4)c(-c4c(Cl)c(C)cc5[nH]ncc45)c3C)C2)C1. The van der Waals surface area contributed by atoms with Crippen molar-refractivity contribution < 1.29 is 9.18 Å². The van der Waals surface area contributed by atoms with Crippen LogP contribution in [0, 0.1) is 19.3 Å². The number of H-pyrrole nitrogens is 1. The molecule has 1 spiro atoms. The number of aromatic nitrogens is 6. The Morgan fingerprint density at radius 3 is 2.76 bits per heavy atom. The van der Waals surface area contributed by atoms with E-state index in [9.17, 15) is 9.18 Å². The lowest BCUT2D eigenvalue weighted by atomic mass is 9.60. The molecule has 1 saturated carbocycles. The van der Waals surface area contributed by atoms with Crippen molar-refractivity contribution in [3.63, 3.8) is 0 Å². The van der Waals surface area contributed by atoms with Gasteiger partial charge in [-0.15, -0.1) is 0 Å². The van der Waals surface area contributed by atoms with Crippen LogP contribution in [0.3, 0.4) is 0 Å². The predicted molar refractivity (Wildman–Crippen MR) is 174 cm³/mol. The minimum Gasteiger partial charge on any atom is -0.338 e. The van der Waals surface area contributed by atoms with E-state index in [4.69, 9.17) is 16.7 Å². The number of carbonyl (C=O) groups is 1. The predicted octanol–water partition coefficient (Wildman–Crippen LogP) is 6.11. The van der Waals surface area contributed by atoms with Gasteiger partial charge in [0.25, 0.3) is 0 Å². The van der Waals surface area contributed by atoms with E-state index in [0.29, 0.717) is 24.5 Å². The molecule has 5 heterocycles. The number of fused-ring (bicyclic) bond motifs is 2. The number of amides is 1. The van der Waals surface area contributed by atoms with Crippen LogP contribution in [0.2, 0.25) is 5.02 Å². The maximum Gasteiger partial charge on any atom is 0.245 e. The van der Waals surface area contributed by atoms with Crippen molar-refractivity contribution >= 4 is 39.3 Å². The lowest BCUT2D eigenvalue weighted by molar-refractivity contribution is -0.149. The van der Waals surface area contributed by atoms with Gasteiger partial charge in [-0.1, -0.05) is 24.2 Å². The third kappa shape index (κ3) is 4.60. The van der Waals surface area contributed by atoms with Gasteiger partial charge in [-0.25, -0.2) is 4.39 Å². The fourth-order valence-electron chi connectivity index (χ4n) is 7.88. The normalized spacial score (nSPS) is 19.9. The number of nitrogens with zero attached hydrogens (tertiary/aromatic N) is 7. The number of hydrogen-bond acceptors (Lipinski definition) is 5. The second-order valence-electron chi connectivity index (χ2n) is 13.3. The standard InChI is InChI=1S/C34H36ClFN8O/c1-4-29(45)42-18-34(19-42)13-25(14-34)44-21(3)30(31-26-16-37-39-27(26)11-20(2)32(31)35)33(40-44)22-5-6-28-23(12-22)15-38-43(28)10-9-41-8-7-24(36)17-41/h4-6,11-12,15-16,24-25H,1,7-10,13-14,17-19H2,2-3H3,(H,37,39). The second-order valence-corrected chi connectivity index (χ2v) is 13.6. The number of benzene rings is 2. The zero-order chi connectivity index (χ0) is 31.0. The molecule has 5 aromatic rings. The molecule has 3 aliphatic rings. The fourth-order valence-corrected chi connectivity index (χ4v) is 8.13. The third-order valence-electron chi connectivity index (χ3n) is 10.2. The highest BCUT2D eigenvalue weighted by Crippen LogP contribution is 2.55. The van der Waals surface area contributed by atoms with Crippen molar-refractivity contribution in [2.75, 3.05) is 32.7 Å². The molecule has 11 heteroatoms. The molecule has 0 radical (unpaired) electrons. The van der Waals surface area contributed by atoms with Crippen LogP contribution in [0.5, 0.6) is 0 Å². The summed E-state index contributed by atoms with van der Waals surface area (Å²) in [5, 5.41) is 20.1. The van der Waals surface area contributed by atoms with E-state index >= 15 is 0 Å². The minimum absolute atomic E-state index is 0.00490. The first-order valence-corrected chi connectivity index (χ1v) is 16.1. The highest BCUT2D eigenvalue weighted by atomic mass is 35.5. The Kier molecular flexibility index (Phi) is 6.65. The summed E-state index contributed by atoms with van der Waals surface area (Å²) in [5.41, 5.74) is 7.99. The molecule has 3 aromatic heterocycles. The molecule has 9 nitrogen and oxygen atoms in total. The van der Waals surface area contributed by atoms with E-state index in [1.54, 1.807) is 0 Å². The number of carbonyl (C=O) groups excluding carboxylic acids is 1. The van der Waals surface area contributed by atoms with Crippen LogP contribution in [0.4, 0.5) is 4.39 Å². The average Bonchev–Trinajstić information content (AvgIpc) is 3.78. The number of likely N-dealkylation sites (tertiary alicyclic amines) is 2. The maximum absolute atomic E-state index is 13.7. The Bertz CT molecular complexity index is 1980. The molecule has 1 amide bonds. The molecule has 1 atom stereocenters. The van der Waals surface area contributed by atoms with E-state index in [0.717, 1.165) is 94.5 Å². The Labute approximate surface area is 265 Å². The first-order chi connectivity index (χ1) is 21.7. The van der Waals surface area contributed by atoms with Gasteiger partial charge < -0.3 is 4.90 Å². The summed E-state index contributed by atoms with van der Waals surface area (Å²) in [6.07, 6.45) is 6.99. The summed E-state index contributed by atoms with van der Waals surface area (Å²) >= 11 is 7.10. The van der Waals surface area contributed by atoms with Gasteiger partial charge in [-0.2, -0.15) is 15.3 Å². The van der Waals surface area contributed by atoms with Crippen molar-refractivity contribution in [1.29, 1.82) is 0 Å². The van der Waals surface area contributed by atoms with E-state index in [-0.39, 0.29) is 17.4 Å². The summed E-state index contributed by atoms with van der Waals surface area (Å²) in [5.74, 6) is 0.00490. The second kappa shape index (κ2) is 10.5. The van der Waals surface area contributed by atoms with E-state index in [1.807, 2.05) is 35.0 Å². The molecule has 8 rings (SSSR count). The third-order valence-corrected chi connectivity index (χ3v) is 10.7. The van der Waals surface area contributed by atoms with Crippen molar-refractivity contribution in [1.82, 2.24) is 39.6 Å². The number of hydrogen-bond donors (Lipinski definition) is 1. The number of aromatic amines is 1. The van der Waals surface area contributed by atoms with Gasteiger partial charge in [0.2, 0.25) is 5.91 Å². The summed E-state index contributed by atoms with van der Waals surface area (Å²) in [7, 11) is 0. The van der Waals surface area contributed by atoms with E-state index in [2.05, 4.69) is 56.6 Å². The highest BCUT2D eigenvalue weighted by Gasteiger charge is 2.54. The first kappa shape index (κ1) is 28.5. The van der Waals surface area contributed by atoms with Gasteiger partial charge in [-0.05, 0) is 62.9 Å². The molecule has 1 aliphatic carbocycles. The van der Waals surface area contributed by atoms with Crippen molar-refractivity contribution in [2.45, 2.75) is 51.9 Å². The first-order valence-electron chi connectivity index (χ1n) is 15.7. The molecule has 45 heavy (non-hydrogen) atoms. The molecule has 232 valence electrons. The average molecular weight is 627 g/mol. The van der Waals surface area contributed by atoms with E-state index < -0.39 is 6.17 Å².